The van der Waals surface area contributed by atoms with Crippen molar-refractivity contribution in [3.63, 3.8) is 0 Å². The fourth-order valence-electron chi connectivity index (χ4n) is 3.08. The predicted octanol–water partition coefficient (Wildman–Crippen LogP) is 2.33. The lowest BCUT2D eigenvalue weighted by Gasteiger charge is -2.32. The van der Waals surface area contributed by atoms with Crippen LogP contribution in [0.4, 0.5) is 4.79 Å². The first-order chi connectivity index (χ1) is 10.2. The molecule has 0 spiro atoms. The predicted molar refractivity (Wildman–Crippen MR) is 86.5 cm³/mol. The maximum absolute atomic E-state index is 12.6. The molecule has 1 atom stereocenters. The normalized spacial score (nSPS) is 17.9. The highest BCUT2D eigenvalue weighted by Crippen LogP contribution is 2.32. The smallest absolute Gasteiger partial charge is 0.319 e. The molecule has 1 aliphatic heterocycles. The number of hydrogen-bond donors (Lipinski definition) is 2. The van der Waals surface area contributed by atoms with Crippen molar-refractivity contribution in [2.24, 2.45) is 0 Å². The van der Waals surface area contributed by atoms with Gasteiger partial charge in [-0.1, -0.05) is 17.7 Å². The van der Waals surface area contributed by atoms with Crippen LogP contribution in [-0.2, 0) is 4.79 Å². The number of nitrogens with one attached hydrogen (secondary N) is 2. The molecule has 2 rings (SSSR count). The van der Waals surface area contributed by atoms with Gasteiger partial charge >= 0.3 is 6.03 Å². The fraction of sp³-hybridized carbons (Fsp3) is 0.412. The average molecular weight is 301 g/mol. The van der Waals surface area contributed by atoms with Gasteiger partial charge in [-0.25, -0.2) is 4.79 Å². The summed E-state index contributed by atoms with van der Waals surface area (Å²) < 4.78 is 0. The summed E-state index contributed by atoms with van der Waals surface area (Å²) in [6, 6.07) is 3.44. The number of carbonyl (C=O) groups excluding carboxylic acids is 2. The van der Waals surface area contributed by atoms with Crippen LogP contribution in [0, 0.1) is 20.8 Å². The number of likely N-dealkylation sites (N-methyl/N-ethyl adjacent to an activating group) is 1. The van der Waals surface area contributed by atoms with E-state index in [1.165, 1.54) is 10.5 Å². The summed E-state index contributed by atoms with van der Waals surface area (Å²) in [6.07, 6.45) is 0. The van der Waals surface area contributed by atoms with E-state index in [9.17, 15) is 9.59 Å². The molecule has 1 aromatic carbocycles. The van der Waals surface area contributed by atoms with Gasteiger partial charge in [-0.3, -0.25) is 4.79 Å². The zero-order valence-corrected chi connectivity index (χ0v) is 14.0. The Labute approximate surface area is 131 Å². The molecule has 0 saturated heterocycles. The van der Waals surface area contributed by atoms with E-state index in [1.54, 1.807) is 21.0 Å². The minimum Gasteiger partial charge on any atom is -0.345 e. The summed E-state index contributed by atoms with van der Waals surface area (Å²) in [6.45, 7) is 7.83. The van der Waals surface area contributed by atoms with Gasteiger partial charge in [0.1, 0.15) is 0 Å². The second-order valence-electron chi connectivity index (χ2n) is 6.08. The van der Waals surface area contributed by atoms with Gasteiger partial charge in [0, 0.05) is 19.8 Å². The number of rotatable bonds is 2. The van der Waals surface area contributed by atoms with Crippen molar-refractivity contribution >= 4 is 11.9 Å². The second kappa shape index (κ2) is 5.83. The molecule has 0 fully saturated rings. The number of hydrogen-bond acceptors (Lipinski definition) is 2. The zero-order valence-electron chi connectivity index (χ0n) is 14.0. The molecule has 1 aromatic rings. The molecule has 0 aromatic heterocycles. The molecule has 1 aliphatic rings. The Balaban J connectivity index is 2.63. The Morgan fingerprint density at radius 3 is 2.14 bits per heavy atom. The van der Waals surface area contributed by atoms with E-state index in [-0.39, 0.29) is 11.9 Å². The number of aryl methyl sites for hydroxylation is 3. The van der Waals surface area contributed by atoms with Gasteiger partial charge in [-0.15, -0.1) is 0 Å². The number of allylic oxidation sites excluding steroid dienone is 1. The molecule has 3 amide bonds. The molecule has 22 heavy (non-hydrogen) atoms. The third-order valence-electron chi connectivity index (χ3n) is 3.93. The van der Waals surface area contributed by atoms with E-state index in [0.717, 1.165) is 16.7 Å². The summed E-state index contributed by atoms with van der Waals surface area (Å²) in [5.74, 6) is -0.102. The Morgan fingerprint density at radius 2 is 1.64 bits per heavy atom. The number of amides is 3. The molecular formula is C17H23N3O2. The molecule has 2 N–H and O–H groups in total. The monoisotopic (exact) mass is 301 g/mol. The van der Waals surface area contributed by atoms with Gasteiger partial charge in [0.2, 0.25) is 0 Å². The number of carbonyl (C=O) groups is 2. The fourth-order valence-corrected chi connectivity index (χ4v) is 3.08. The van der Waals surface area contributed by atoms with E-state index in [4.69, 9.17) is 0 Å². The van der Waals surface area contributed by atoms with Crippen molar-refractivity contribution in [2.45, 2.75) is 33.7 Å². The highest BCUT2D eigenvalue weighted by Gasteiger charge is 2.33. The van der Waals surface area contributed by atoms with Crippen LogP contribution in [-0.4, -0.2) is 30.9 Å². The van der Waals surface area contributed by atoms with Crippen LogP contribution < -0.4 is 10.6 Å². The van der Waals surface area contributed by atoms with E-state index < -0.39 is 6.04 Å². The second-order valence-corrected chi connectivity index (χ2v) is 6.08. The first-order valence-electron chi connectivity index (χ1n) is 7.30. The van der Waals surface area contributed by atoms with E-state index in [0.29, 0.717) is 11.3 Å². The first kappa shape index (κ1) is 16.1. The van der Waals surface area contributed by atoms with Gasteiger partial charge in [0.25, 0.3) is 5.91 Å². The minimum absolute atomic E-state index is 0.102. The zero-order chi connectivity index (χ0) is 16.6. The lowest BCUT2D eigenvalue weighted by atomic mass is 9.87. The van der Waals surface area contributed by atoms with Gasteiger partial charge in [-0.05, 0) is 44.4 Å². The van der Waals surface area contributed by atoms with Crippen molar-refractivity contribution in [3.8, 4) is 0 Å². The maximum atomic E-state index is 12.6. The molecule has 118 valence electrons. The molecule has 1 heterocycles. The molecule has 0 radical (unpaired) electrons. The van der Waals surface area contributed by atoms with Crippen LogP contribution in [0.3, 0.4) is 0 Å². The third-order valence-corrected chi connectivity index (χ3v) is 3.93. The highest BCUT2D eigenvalue weighted by atomic mass is 16.2. The SMILES string of the molecule is CC1=C(C(=O)N(C)C)C(c2c(C)cc(C)cc2C)NC(=O)N1. The third kappa shape index (κ3) is 2.84. The molecule has 5 heteroatoms. The summed E-state index contributed by atoms with van der Waals surface area (Å²) in [5, 5.41) is 5.59. The summed E-state index contributed by atoms with van der Waals surface area (Å²) in [5.41, 5.74) is 5.49. The van der Waals surface area contributed by atoms with Gasteiger partial charge < -0.3 is 15.5 Å². The molecule has 0 aliphatic carbocycles. The summed E-state index contributed by atoms with van der Waals surface area (Å²) >= 11 is 0. The van der Waals surface area contributed by atoms with Crippen molar-refractivity contribution in [3.05, 3.63) is 45.7 Å². The summed E-state index contributed by atoms with van der Waals surface area (Å²) in [4.78, 5) is 26.0. The highest BCUT2D eigenvalue weighted by molar-refractivity contribution is 5.98. The molecule has 1 unspecified atom stereocenters. The molecule has 0 saturated carbocycles. The van der Waals surface area contributed by atoms with E-state index in [2.05, 4.69) is 22.8 Å². The van der Waals surface area contributed by atoms with E-state index >= 15 is 0 Å². The van der Waals surface area contributed by atoms with Crippen molar-refractivity contribution in [1.29, 1.82) is 0 Å². The van der Waals surface area contributed by atoms with Crippen molar-refractivity contribution in [1.82, 2.24) is 15.5 Å². The van der Waals surface area contributed by atoms with Crippen LogP contribution in [0.15, 0.2) is 23.4 Å². The van der Waals surface area contributed by atoms with Gasteiger partial charge in [0.15, 0.2) is 0 Å². The van der Waals surface area contributed by atoms with Gasteiger partial charge in [-0.2, -0.15) is 0 Å². The standard InChI is InChI=1S/C17H23N3O2/c1-9-7-10(2)13(11(3)8-9)15-14(16(21)20(5)6)12(4)18-17(22)19-15/h7-8,15H,1-6H3,(H2,18,19,22). The Hall–Kier alpha value is -2.30. The van der Waals surface area contributed by atoms with Crippen molar-refractivity contribution in [2.75, 3.05) is 14.1 Å². The van der Waals surface area contributed by atoms with E-state index in [1.807, 2.05) is 20.8 Å². The molecule has 5 nitrogen and oxygen atoms in total. The average Bonchev–Trinajstić information content (AvgIpc) is 2.35. The maximum Gasteiger partial charge on any atom is 0.319 e. The van der Waals surface area contributed by atoms with Crippen LogP contribution in [0.1, 0.15) is 35.2 Å². The van der Waals surface area contributed by atoms with Crippen LogP contribution in [0.2, 0.25) is 0 Å². The number of urea groups is 1. The Bertz CT molecular complexity index is 651. The topological polar surface area (TPSA) is 61.4 Å². The molecule has 0 bridgehead atoms. The number of benzene rings is 1. The van der Waals surface area contributed by atoms with Crippen LogP contribution >= 0.6 is 0 Å². The lowest BCUT2D eigenvalue weighted by molar-refractivity contribution is -0.125. The lowest BCUT2D eigenvalue weighted by Crippen LogP contribution is -2.47. The van der Waals surface area contributed by atoms with Crippen LogP contribution in [0.25, 0.3) is 0 Å². The van der Waals surface area contributed by atoms with Crippen LogP contribution in [0.5, 0.6) is 0 Å². The van der Waals surface area contributed by atoms with Gasteiger partial charge in [0.05, 0.1) is 11.6 Å². The Kier molecular flexibility index (Phi) is 4.26. The first-order valence-corrected chi connectivity index (χ1v) is 7.30. The molecular weight excluding hydrogens is 278 g/mol. The quantitative estimate of drug-likeness (QED) is 0.880. The number of nitrogens with zero attached hydrogens (tertiary/aromatic N) is 1. The van der Waals surface area contributed by atoms with Crippen molar-refractivity contribution < 1.29 is 9.59 Å². The largest absolute Gasteiger partial charge is 0.345 e. The Morgan fingerprint density at radius 1 is 1.09 bits per heavy atom. The minimum atomic E-state index is -0.427. The summed E-state index contributed by atoms with van der Waals surface area (Å²) in [7, 11) is 3.43.